The summed E-state index contributed by atoms with van der Waals surface area (Å²) in [6.45, 7) is 3.74. The first-order chi connectivity index (χ1) is 15.3. The Morgan fingerprint density at radius 1 is 1.31 bits per heavy atom. The Labute approximate surface area is 186 Å². The van der Waals surface area contributed by atoms with Crippen LogP contribution in [0, 0.1) is 11.7 Å². The topological polar surface area (TPSA) is 91.0 Å². The summed E-state index contributed by atoms with van der Waals surface area (Å²) in [5, 5.41) is 12.8. The molecule has 1 aromatic carbocycles. The fourth-order valence-corrected chi connectivity index (χ4v) is 4.34. The highest BCUT2D eigenvalue weighted by molar-refractivity contribution is 5.89. The Balaban J connectivity index is 1.49. The predicted octanol–water partition coefficient (Wildman–Crippen LogP) is 3.21. The molecule has 2 amide bonds. The van der Waals surface area contributed by atoms with Gasteiger partial charge in [-0.25, -0.2) is 8.78 Å². The van der Waals surface area contributed by atoms with E-state index in [0.717, 1.165) is 12.8 Å². The molecule has 1 saturated heterocycles. The molecule has 32 heavy (non-hydrogen) atoms. The molecule has 2 N–H and O–H groups in total. The second-order valence-electron chi connectivity index (χ2n) is 9.23. The normalized spacial score (nSPS) is 21.7. The Morgan fingerprint density at radius 3 is 2.72 bits per heavy atom. The van der Waals surface area contributed by atoms with Crippen molar-refractivity contribution in [2.45, 2.75) is 70.1 Å². The summed E-state index contributed by atoms with van der Waals surface area (Å²) >= 11 is 0. The largest absolute Gasteiger partial charge is 0.347 e. The van der Waals surface area contributed by atoms with Crippen LogP contribution in [0.2, 0.25) is 0 Å². The average molecular weight is 446 g/mol. The molecule has 2 aliphatic rings. The first-order valence-corrected chi connectivity index (χ1v) is 11.2. The molecular weight excluding hydrogens is 416 g/mol. The van der Waals surface area contributed by atoms with E-state index in [-0.39, 0.29) is 43.1 Å². The summed E-state index contributed by atoms with van der Waals surface area (Å²) in [6, 6.07) is 3.84. The number of hydrogen-bond acceptors (Lipinski definition) is 4. The van der Waals surface area contributed by atoms with Gasteiger partial charge in [-0.3, -0.25) is 14.7 Å². The molecule has 1 aliphatic carbocycles. The van der Waals surface area contributed by atoms with Crippen LogP contribution in [0.25, 0.3) is 0 Å². The zero-order chi connectivity index (χ0) is 22.8. The lowest BCUT2D eigenvalue weighted by Crippen LogP contribution is -2.47. The minimum Gasteiger partial charge on any atom is -0.347 e. The number of alkyl halides is 1. The number of likely N-dealkylation sites (tertiary alicyclic amines) is 1. The number of carbonyl (C=O) groups excluding carboxylic acids is 2. The molecule has 1 aromatic heterocycles. The van der Waals surface area contributed by atoms with Gasteiger partial charge in [0.1, 0.15) is 18.0 Å². The Hall–Kier alpha value is -2.84. The van der Waals surface area contributed by atoms with Crippen LogP contribution >= 0.6 is 0 Å². The van der Waals surface area contributed by atoms with Crippen LogP contribution in [0.15, 0.2) is 24.4 Å². The first kappa shape index (κ1) is 22.4. The molecule has 3 atom stereocenters. The van der Waals surface area contributed by atoms with E-state index in [1.54, 1.807) is 6.07 Å². The molecule has 3 unspecified atom stereocenters. The number of aromatic nitrogens is 3. The smallest absolute Gasteiger partial charge is 0.243 e. The lowest BCUT2D eigenvalue weighted by Gasteiger charge is -2.27. The summed E-state index contributed by atoms with van der Waals surface area (Å²) in [5.41, 5.74) is 1.83. The molecule has 9 heteroatoms. The lowest BCUT2D eigenvalue weighted by atomic mass is 9.95. The third-order valence-electron chi connectivity index (χ3n) is 6.31. The van der Waals surface area contributed by atoms with E-state index in [0.29, 0.717) is 29.2 Å². The molecule has 0 radical (unpaired) electrons. The number of rotatable bonds is 8. The molecule has 4 rings (SSSR count). The molecule has 0 spiro atoms. The van der Waals surface area contributed by atoms with Crippen molar-refractivity contribution >= 4 is 11.8 Å². The van der Waals surface area contributed by atoms with Gasteiger partial charge in [0.25, 0.3) is 0 Å². The van der Waals surface area contributed by atoms with Gasteiger partial charge in [0.05, 0.1) is 30.9 Å². The zero-order valence-electron chi connectivity index (χ0n) is 18.4. The van der Waals surface area contributed by atoms with Crippen molar-refractivity contribution in [2.24, 2.45) is 5.92 Å². The van der Waals surface area contributed by atoms with Crippen LogP contribution in [0.5, 0.6) is 0 Å². The maximum Gasteiger partial charge on any atom is 0.243 e. The number of nitrogens with zero attached hydrogens (tertiary/aromatic N) is 3. The van der Waals surface area contributed by atoms with Gasteiger partial charge in [0.2, 0.25) is 11.8 Å². The van der Waals surface area contributed by atoms with Crippen molar-refractivity contribution in [3.8, 4) is 0 Å². The molecule has 0 bridgehead atoms. The third-order valence-corrected chi connectivity index (χ3v) is 6.31. The van der Waals surface area contributed by atoms with Gasteiger partial charge < -0.3 is 10.2 Å². The van der Waals surface area contributed by atoms with Crippen molar-refractivity contribution in [1.82, 2.24) is 25.6 Å². The van der Waals surface area contributed by atoms with E-state index in [1.165, 1.54) is 17.2 Å². The van der Waals surface area contributed by atoms with Crippen LogP contribution in [0.4, 0.5) is 8.78 Å². The van der Waals surface area contributed by atoms with Gasteiger partial charge in [-0.15, -0.1) is 5.10 Å². The van der Waals surface area contributed by atoms with E-state index in [4.69, 9.17) is 0 Å². The fourth-order valence-electron chi connectivity index (χ4n) is 4.34. The number of benzene rings is 1. The molecule has 1 aliphatic heterocycles. The maximum atomic E-state index is 14.6. The summed E-state index contributed by atoms with van der Waals surface area (Å²) in [7, 11) is 0. The van der Waals surface area contributed by atoms with Crippen LogP contribution in [-0.2, 0) is 16.0 Å². The van der Waals surface area contributed by atoms with Gasteiger partial charge in [0.15, 0.2) is 0 Å². The first-order valence-electron chi connectivity index (χ1n) is 11.2. The zero-order valence-corrected chi connectivity index (χ0v) is 18.4. The van der Waals surface area contributed by atoms with E-state index >= 15 is 0 Å². The monoisotopic (exact) mass is 445 g/mol. The molecule has 2 fully saturated rings. The van der Waals surface area contributed by atoms with Gasteiger partial charge in [-0.2, -0.15) is 0 Å². The summed E-state index contributed by atoms with van der Waals surface area (Å²) in [4.78, 5) is 27.2. The average Bonchev–Trinajstić information content (AvgIpc) is 3.24. The minimum atomic E-state index is -1.26. The number of hydrogen-bond donors (Lipinski definition) is 2. The summed E-state index contributed by atoms with van der Waals surface area (Å²) in [5.74, 6) is -0.508. The molecule has 172 valence electrons. The van der Waals surface area contributed by atoms with Crippen LogP contribution in [0.1, 0.15) is 68.3 Å². The Morgan fingerprint density at radius 2 is 2.09 bits per heavy atom. The number of amides is 2. The number of carbonyl (C=O) groups is 2. The Kier molecular flexibility index (Phi) is 6.53. The fraction of sp³-hybridized carbons (Fsp3) is 0.565. The van der Waals surface area contributed by atoms with Crippen LogP contribution in [-0.4, -0.2) is 50.9 Å². The quantitative estimate of drug-likeness (QED) is 0.653. The highest BCUT2D eigenvalue weighted by Gasteiger charge is 2.41. The van der Waals surface area contributed by atoms with Gasteiger partial charge in [0, 0.05) is 6.42 Å². The number of halogens is 2. The van der Waals surface area contributed by atoms with Crippen molar-refractivity contribution in [3.05, 3.63) is 47.0 Å². The minimum absolute atomic E-state index is 0.0309. The molecule has 2 heterocycles. The van der Waals surface area contributed by atoms with E-state index in [2.05, 4.69) is 20.7 Å². The van der Waals surface area contributed by atoms with E-state index < -0.39 is 18.1 Å². The number of H-pyrrole nitrogens is 1. The number of aromatic amines is 1. The summed E-state index contributed by atoms with van der Waals surface area (Å²) < 4.78 is 28.8. The van der Waals surface area contributed by atoms with Gasteiger partial charge in [-0.1, -0.05) is 44.0 Å². The van der Waals surface area contributed by atoms with Crippen LogP contribution < -0.4 is 5.32 Å². The molecular formula is C23H29F2N5O2. The highest BCUT2D eigenvalue weighted by Crippen LogP contribution is 2.38. The van der Waals surface area contributed by atoms with Gasteiger partial charge >= 0.3 is 0 Å². The van der Waals surface area contributed by atoms with E-state index in [9.17, 15) is 18.4 Å². The molecule has 2 aromatic rings. The van der Waals surface area contributed by atoms with Crippen LogP contribution in [0.3, 0.4) is 0 Å². The molecule has 7 nitrogen and oxygen atoms in total. The standard InChI is InChI=1S/C23H29F2N5O2/c1-13(2)18-6-5-15(8-19(18)25)20(7-14-3-4-14)27-23(32)21-9-16(24)12-30(21)22(31)10-17-11-26-29-28-17/h5-6,8,11,13-14,16,20-21H,3-4,7,9-10,12H2,1-2H3,(H,27,32)(H,26,28,29). The predicted molar refractivity (Wildman–Crippen MR) is 114 cm³/mol. The van der Waals surface area contributed by atoms with Crippen molar-refractivity contribution in [2.75, 3.05) is 6.54 Å². The van der Waals surface area contributed by atoms with Gasteiger partial charge in [-0.05, 0) is 35.4 Å². The third kappa shape index (κ3) is 5.14. The Bertz CT molecular complexity index is 961. The second kappa shape index (κ2) is 9.34. The maximum absolute atomic E-state index is 14.6. The highest BCUT2D eigenvalue weighted by atomic mass is 19.1. The number of nitrogens with one attached hydrogen (secondary N) is 2. The lowest BCUT2D eigenvalue weighted by molar-refractivity contribution is -0.138. The second-order valence-corrected chi connectivity index (χ2v) is 9.23. The van der Waals surface area contributed by atoms with Crippen molar-refractivity contribution in [1.29, 1.82) is 0 Å². The summed E-state index contributed by atoms with van der Waals surface area (Å²) in [6.07, 6.45) is 2.95. The van der Waals surface area contributed by atoms with Crippen molar-refractivity contribution in [3.63, 3.8) is 0 Å². The SMILES string of the molecule is CC(C)c1ccc(C(CC2CC2)NC(=O)C2CC(F)CN2C(=O)Cc2cnn[nH]2)cc1F. The van der Waals surface area contributed by atoms with E-state index in [1.807, 2.05) is 19.9 Å². The van der Waals surface area contributed by atoms with Crippen molar-refractivity contribution < 1.29 is 18.4 Å². The molecule has 1 saturated carbocycles.